The summed E-state index contributed by atoms with van der Waals surface area (Å²) in [5, 5.41) is -0.297. The van der Waals surface area contributed by atoms with Crippen molar-refractivity contribution < 1.29 is 19.1 Å². The van der Waals surface area contributed by atoms with Gasteiger partial charge in [0, 0.05) is 0 Å². The molecule has 1 aliphatic rings. The highest BCUT2D eigenvalue weighted by molar-refractivity contribution is 9.11. The molecule has 198 valence electrons. The number of ether oxygens (including phenoxy) is 2. The van der Waals surface area contributed by atoms with Gasteiger partial charge in [-0.25, -0.2) is 0 Å². The molecular weight excluding hydrogens is 630 g/mol. The third-order valence-electron chi connectivity index (χ3n) is 6.06. The molecule has 0 aliphatic carbocycles. The van der Waals surface area contributed by atoms with Crippen LogP contribution in [-0.4, -0.2) is 29.2 Å². The molecule has 2 amide bonds. The fourth-order valence-corrected chi connectivity index (χ4v) is 6.29. The van der Waals surface area contributed by atoms with E-state index in [0.29, 0.717) is 23.2 Å². The van der Waals surface area contributed by atoms with Gasteiger partial charge in [0.05, 0.1) is 20.4 Å². The summed E-state index contributed by atoms with van der Waals surface area (Å²) in [6.45, 7) is 9.13. The molecule has 1 saturated heterocycles. The number of nitrogens with zero attached hydrogens (tertiary/aromatic N) is 1. The van der Waals surface area contributed by atoms with E-state index in [2.05, 4.69) is 70.0 Å². The van der Waals surface area contributed by atoms with Gasteiger partial charge in [-0.1, -0.05) is 55.8 Å². The highest BCUT2D eigenvalue weighted by atomic mass is 79.9. The molecule has 1 heterocycles. The SMILES string of the molecule is Cc1ccc(COc2c(Br)cc(/C=C3\SC(=O)N(CCOc4cc(C)ccc4C(C)C)C3=O)cc2Br)cc1. The molecule has 5 nitrogen and oxygen atoms in total. The number of rotatable bonds is 9. The Morgan fingerprint density at radius 3 is 2.24 bits per heavy atom. The standard InChI is InChI=1S/C30H29Br2NO4S/c1-18(2)23-10-7-20(4)13-26(23)36-12-11-33-29(34)27(38-30(33)35)16-22-14-24(31)28(25(32)15-22)37-17-21-8-5-19(3)6-9-21/h5-10,13-16,18H,11-12,17H2,1-4H3/b27-16-. The number of benzene rings is 3. The van der Waals surface area contributed by atoms with Gasteiger partial charge in [-0.05, 0) is 110 Å². The molecule has 3 aromatic carbocycles. The molecule has 1 aliphatic heterocycles. The molecular formula is C30H29Br2NO4S. The lowest BCUT2D eigenvalue weighted by Crippen LogP contribution is -2.32. The molecule has 0 radical (unpaired) electrons. The van der Waals surface area contributed by atoms with E-state index in [1.54, 1.807) is 6.08 Å². The minimum absolute atomic E-state index is 0.187. The van der Waals surface area contributed by atoms with Gasteiger partial charge in [0.25, 0.3) is 11.1 Å². The first-order valence-electron chi connectivity index (χ1n) is 12.3. The van der Waals surface area contributed by atoms with E-state index < -0.39 is 0 Å². The molecule has 0 bridgehead atoms. The molecule has 4 rings (SSSR count). The van der Waals surface area contributed by atoms with Crippen LogP contribution in [0.1, 0.15) is 47.6 Å². The zero-order chi connectivity index (χ0) is 27.4. The monoisotopic (exact) mass is 657 g/mol. The number of carbonyl (C=O) groups is 2. The van der Waals surface area contributed by atoms with E-state index in [1.807, 2.05) is 44.2 Å². The van der Waals surface area contributed by atoms with Gasteiger partial charge in [-0.15, -0.1) is 0 Å². The normalized spacial score (nSPS) is 14.6. The van der Waals surface area contributed by atoms with Gasteiger partial charge in [-0.2, -0.15) is 0 Å². The lowest BCUT2D eigenvalue weighted by atomic mass is 10.0. The Kier molecular flexibility index (Phi) is 9.39. The summed E-state index contributed by atoms with van der Waals surface area (Å²) >= 11 is 8.10. The van der Waals surface area contributed by atoms with Crippen LogP contribution >= 0.6 is 43.6 Å². The predicted octanol–water partition coefficient (Wildman–Crippen LogP) is 8.65. The van der Waals surface area contributed by atoms with Crippen molar-refractivity contribution in [2.45, 2.75) is 40.2 Å². The number of hydrogen-bond acceptors (Lipinski definition) is 5. The minimum Gasteiger partial charge on any atom is -0.491 e. The van der Waals surface area contributed by atoms with Gasteiger partial charge < -0.3 is 9.47 Å². The summed E-state index contributed by atoms with van der Waals surface area (Å²) in [6.07, 6.45) is 1.72. The van der Waals surface area contributed by atoms with E-state index in [1.165, 1.54) is 10.5 Å². The fourth-order valence-electron chi connectivity index (χ4n) is 3.98. The maximum absolute atomic E-state index is 13.0. The molecule has 1 fully saturated rings. The zero-order valence-electron chi connectivity index (χ0n) is 21.7. The molecule has 8 heteroatoms. The predicted molar refractivity (Wildman–Crippen MR) is 161 cm³/mol. The molecule has 38 heavy (non-hydrogen) atoms. The number of imide groups is 1. The highest BCUT2D eigenvalue weighted by Gasteiger charge is 2.35. The highest BCUT2D eigenvalue weighted by Crippen LogP contribution is 2.38. The van der Waals surface area contributed by atoms with Crippen LogP contribution in [0.25, 0.3) is 6.08 Å². The minimum atomic E-state index is -0.316. The molecule has 0 saturated carbocycles. The van der Waals surface area contributed by atoms with E-state index in [4.69, 9.17) is 9.47 Å². The van der Waals surface area contributed by atoms with Crippen LogP contribution in [0.3, 0.4) is 0 Å². The smallest absolute Gasteiger partial charge is 0.293 e. The summed E-state index contributed by atoms with van der Waals surface area (Å²) in [7, 11) is 0. The number of hydrogen-bond donors (Lipinski definition) is 0. The van der Waals surface area contributed by atoms with E-state index >= 15 is 0 Å². The molecule has 0 spiro atoms. The molecule has 0 aromatic heterocycles. The lowest BCUT2D eigenvalue weighted by Gasteiger charge is -2.17. The number of halogens is 2. The number of thioether (sulfide) groups is 1. The number of amides is 2. The lowest BCUT2D eigenvalue weighted by molar-refractivity contribution is -0.123. The Morgan fingerprint density at radius 1 is 0.921 bits per heavy atom. The largest absolute Gasteiger partial charge is 0.491 e. The van der Waals surface area contributed by atoms with E-state index in [0.717, 1.165) is 48.7 Å². The Hall–Kier alpha value is -2.55. The van der Waals surface area contributed by atoms with Crippen molar-refractivity contribution in [1.82, 2.24) is 4.90 Å². The fraction of sp³-hybridized carbons (Fsp3) is 0.267. The first-order chi connectivity index (χ1) is 18.1. The van der Waals surface area contributed by atoms with Crippen LogP contribution in [0.2, 0.25) is 0 Å². The number of carbonyl (C=O) groups excluding carboxylic acids is 2. The Balaban J connectivity index is 1.41. The zero-order valence-corrected chi connectivity index (χ0v) is 25.7. The first-order valence-corrected chi connectivity index (χ1v) is 14.7. The summed E-state index contributed by atoms with van der Waals surface area (Å²) < 4.78 is 13.5. The van der Waals surface area contributed by atoms with Crippen molar-refractivity contribution in [2.24, 2.45) is 0 Å². The quantitative estimate of drug-likeness (QED) is 0.215. The van der Waals surface area contributed by atoms with Crippen molar-refractivity contribution in [3.63, 3.8) is 0 Å². The van der Waals surface area contributed by atoms with Crippen LogP contribution in [0, 0.1) is 13.8 Å². The van der Waals surface area contributed by atoms with Crippen molar-refractivity contribution in [3.05, 3.63) is 96.3 Å². The second-order valence-electron chi connectivity index (χ2n) is 9.47. The van der Waals surface area contributed by atoms with Crippen LogP contribution in [-0.2, 0) is 11.4 Å². The third kappa shape index (κ3) is 6.90. The number of aryl methyl sites for hydroxylation is 2. The average molecular weight is 659 g/mol. The van der Waals surface area contributed by atoms with Gasteiger partial charge in [0.15, 0.2) is 0 Å². The summed E-state index contributed by atoms with van der Waals surface area (Å²) in [4.78, 5) is 27.3. The topological polar surface area (TPSA) is 55.8 Å². The maximum Gasteiger partial charge on any atom is 0.293 e. The van der Waals surface area contributed by atoms with Gasteiger partial charge in [-0.3, -0.25) is 14.5 Å². The third-order valence-corrected chi connectivity index (χ3v) is 8.14. The molecule has 0 unspecified atom stereocenters. The van der Waals surface area contributed by atoms with E-state index in [9.17, 15) is 9.59 Å². The van der Waals surface area contributed by atoms with Crippen molar-refractivity contribution in [2.75, 3.05) is 13.2 Å². The van der Waals surface area contributed by atoms with Gasteiger partial charge in [0.1, 0.15) is 24.7 Å². The van der Waals surface area contributed by atoms with Crippen LogP contribution in [0.5, 0.6) is 11.5 Å². The molecule has 0 N–H and O–H groups in total. The van der Waals surface area contributed by atoms with E-state index in [-0.39, 0.29) is 24.3 Å². The molecule has 3 aromatic rings. The Labute approximate surface area is 244 Å². The van der Waals surface area contributed by atoms with Crippen LogP contribution < -0.4 is 9.47 Å². The summed E-state index contributed by atoms with van der Waals surface area (Å²) in [6, 6.07) is 18.0. The van der Waals surface area contributed by atoms with Crippen molar-refractivity contribution >= 4 is 60.8 Å². The second kappa shape index (κ2) is 12.5. The van der Waals surface area contributed by atoms with Crippen molar-refractivity contribution in [3.8, 4) is 11.5 Å². The van der Waals surface area contributed by atoms with Crippen molar-refractivity contribution in [1.29, 1.82) is 0 Å². The average Bonchev–Trinajstić information content (AvgIpc) is 3.11. The molecule has 0 atom stereocenters. The maximum atomic E-state index is 13.0. The van der Waals surface area contributed by atoms with Gasteiger partial charge in [0.2, 0.25) is 0 Å². The Bertz CT molecular complexity index is 1360. The Morgan fingerprint density at radius 2 is 1.58 bits per heavy atom. The van der Waals surface area contributed by atoms with Gasteiger partial charge >= 0.3 is 0 Å². The second-order valence-corrected chi connectivity index (χ2v) is 12.2. The van der Waals surface area contributed by atoms with Crippen LogP contribution in [0.15, 0.2) is 68.4 Å². The summed E-state index contributed by atoms with van der Waals surface area (Å²) in [5.74, 6) is 1.46. The summed E-state index contributed by atoms with van der Waals surface area (Å²) in [5.41, 5.74) is 5.24. The van der Waals surface area contributed by atoms with Crippen LogP contribution in [0.4, 0.5) is 4.79 Å². The first kappa shape index (κ1) is 28.5.